The maximum absolute atomic E-state index is 12.3. The molecule has 4 heterocycles. The second kappa shape index (κ2) is 6.52. The van der Waals surface area contributed by atoms with Crippen molar-refractivity contribution >= 4 is 17.2 Å². The van der Waals surface area contributed by atoms with Crippen molar-refractivity contribution in [2.24, 2.45) is 0 Å². The molecule has 8 nitrogen and oxygen atoms in total. The minimum Gasteiger partial charge on any atom is -0.341 e. The highest BCUT2D eigenvalue weighted by molar-refractivity contribution is 7.08. The third kappa shape index (κ3) is 3.07. The lowest BCUT2D eigenvalue weighted by Gasteiger charge is -2.30. The van der Waals surface area contributed by atoms with Crippen LogP contribution in [0.2, 0.25) is 0 Å². The fourth-order valence-electron chi connectivity index (χ4n) is 2.84. The zero-order valence-electron chi connectivity index (χ0n) is 12.9. The molecule has 0 N–H and O–H groups in total. The van der Waals surface area contributed by atoms with Crippen molar-refractivity contribution in [3.8, 4) is 11.4 Å². The smallest absolute Gasteiger partial charge is 0.244 e. The molecule has 0 radical (unpaired) electrons. The number of thiophene rings is 1. The van der Waals surface area contributed by atoms with Gasteiger partial charge in [0.2, 0.25) is 17.6 Å². The van der Waals surface area contributed by atoms with Crippen LogP contribution in [-0.2, 0) is 11.3 Å². The molecule has 0 aromatic carbocycles. The summed E-state index contributed by atoms with van der Waals surface area (Å²) in [6.45, 7) is 1.61. The highest BCUT2D eigenvalue weighted by atomic mass is 32.1. The van der Waals surface area contributed by atoms with Crippen LogP contribution in [0.4, 0.5) is 0 Å². The predicted octanol–water partition coefficient (Wildman–Crippen LogP) is 1.80. The Hall–Kier alpha value is -2.55. The molecule has 0 aliphatic carbocycles. The second-order valence-electron chi connectivity index (χ2n) is 5.72. The fraction of sp³-hybridized carbons (Fsp3) is 0.400. The highest BCUT2D eigenvalue weighted by Crippen LogP contribution is 2.29. The molecule has 3 aromatic heterocycles. The van der Waals surface area contributed by atoms with E-state index in [-0.39, 0.29) is 18.4 Å². The summed E-state index contributed by atoms with van der Waals surface area (Å²) in [5, 5.41) is 15.6. The SMILES string of the molecule is O=C(Cn1ccnn1)N1CCC(c2nc(-c3ccsc3)no2)CC1. The van der Waals surface area contributed by atoms with Crippen molar-refractivity contribution in [1.82, 2.24) is 30.0 Å². The van der Waals surface area contributed by atoms with Crippen LogP contribution in [-0.4, -0.2) is 49.0 Å². The van der Waals surface area contributed by atoms with E-state index in [0.717, 1.165) is 18.4 Å². The average Bonchev–Trinajstić information content (AvgIpc) is 3.36. The number of likely N-dealkylation sites (tertiary alicyclic amines) is 1. The fourth-order valence-corrected chi connectivity index (χ4v) is 3.48. The van der Waals surface area contributed by atoms with Gasteiger partial charge in [-0.25, -0.2) is 4.68 Å². The number of carbonyl (C=O) groups is 1. The largest absolute Gasteiger partial charge is 0.341 e. The lowest BCUT2D eigenvalue weighted by atomic mass is 9.96. The molecular formula is C15H16N6O2S. The van der Waals surface area contributed by atoms with Gasteiger partial charge < -0.3 is 9.42 Å². The van der Waals surface area contributed by atoms with Crippen molar-refractivity contribution in [1.29, 1.82) is 0 Å². The highest BCUT2D eigenvalue weighted by Gasteiger charge is 2.27. The van der Waals surface area contributed by atoms with E-state index in [1.807, 2.05) is 21.7 Å². The summed E-state index contributed by atoms with van der Waals surface area (Å²) in [4.78, 5) is 18.6. The van der Waals surface area contributed by atoms with Crippen molar-refractivity contribution in [2.45, 2.75) is 25.3 Å². The van der Waals surface area contributed by atoms with Crippen LogP contribution >= 0.6 is 11.3 Å². The van der Waals surface area contributed by atoms with E-state index in [4.69, 9.17) is 4.52 Å². The maximum atomic E-state index is 12.3. The van der Waals surface area contributed by atoms with Crippen molar-refractivity contribution in [3.05, 3.63) is 35.1 Å². The Bertz CT molecular complexity index is 790. The lowest BCUT2D eigenvalue weighted by Crippen LogP contribution is -2.39. The Labute approximate surface area is 142 Å². The number of rotatable bonds is 4. The topological polar surface area (TPSA) is 89.9 Å². The van der Waals surface area contributed by atoms with E-state index >= 15 is 0 Å². The Morgan fingerprint density at radius 3 is 2.96 bits per heavy atom. The monoisotopic (exact) mass is 344 g/mol. The van der Waals surface area contributed by atoms with Crippen molar-refractivity contribution < 1.29 is 9.32 Å². The molecule has 1 aliphatic heterocycles. The van der Waals surface area contributed by atoms with Gasteiger partial charge in [0.1, 0.15) is 6.54 Å². The molecular weight excluding hydrogens is 328 g/mol. The number of piperidine rings is 1. The number of amides is 1. The van der Waals surface area contributed by atoms with Crippen LogP contribution in [0.3, 0.4) is 0 Å². The summed E-state index contributed by atoms with van der Waals surface area (Å²) < 4.78 is 6.97. The molecule has 0 unspecified atom stereocenters. The summed E-state index contributed by atoms with van der Waals surface area (Å²) in [5.74, 6) is 1.57. The molecule has 0 saturated carbocycles. The summed E-state index contributed by atoms with van der Waals surface area (Å²) in [6.07, 6.45) is 4.91. The normalized spacial score (nSPS) is 15.8. The van der Waals surface area contributed by atoms with Crippen LogP contribution in [0.1, 0.15) is 24.7 Å². The van der Waals surface area contributed by atoms with Gasteiger partial charge in [-0.2, -0.15) is 16.3 Å². The maximum Gasteiger partial charge on any atom is 0.244 e. The Morgan fingerprint density at radius 1 is 1.38 bits per heavy atom. The Morgan fingerprint density at radius 2 is 2.25 bits per heavy atom. The zero-order valence-corrected chi connectivity index (χ0v) is 13.7. The van der Waals surface area contributed by atoms with E-state index < -0.39 is 0 Å². The van der Waals surface area contributed by atoms with Gasteiger partial charge in [0.05, 0.1) is 6.20 Å². The molecule has 1 fully saturated rings. The lowest BCUT2D eigenvalue weighted by molar-refractivity contribution is -0.133. The molecule has 1 amide bonds. The minimum atomic E-state index is 0.0587. The Balaban J connectivity index is 1.35. The quantitative estimate of drug-likeness (QED) is 0.717. The van der Waals surface area contributed by atoms with Crippen molar-refractivity contribution in [2.75, 3.05) is 13.1 Å². The molecule has 0 spiro atoms. The third-order valence-electron chi connectivity index (χ3n) is 4.19. The van der Waals surface area contributed by atoms with Gasteiger partial charge in [-0.3, -0.25) is 4.79 Å². The first-order valence-electron chi connectivity index (χ1n) is 7.77. The Kier molecular flexibility index (Phi) is 4.08. The minimum absolute atomic E-state index is 0.0587. The van der Waals surface area contributed by atoms with E-state index in [9.17, 15) is 4.79 Å². The molecule has 124 valence electrons. The average molecular weight is 344 g/mol. The zero-order chi connectivity index (χ0) is 16.4. The summed E-state index contributed by atoms with van der Waals surface area (Å²) >= 11 is 1.61. The van der Waals surface area contributed by atoms with Gasteiger partial charge >= 0.3 is 0 Å². The summed E-state index contributed by atoms with van der Waals surface area (Å²) in [5.41, 5.74) is 0.982. The third-order valence-corrected chi connectivity index (χ3v) is 4.87. The van der Waals surface area contributed by atoms with E-state index in [0.29, 0.717) is 24.8 Å². The van der Waals surface area contributed by atoms with Crippen LogP contribution in [0.5, 0.6) is 0 Å². The molecule has 4 rings (SSSR count). The van der Waals surface area contributed by atoms with Crippen LogP contribution in [0, 0.1) is 0 Å². The van der Waals surface area contributed by atoms with Crippen LogP contribution in [0.25, 0.3) is 11.4 Å². The molecule has 1 aliphatic rings. The first kappa shape index (κ1) is 15.0. The number of carbonyl (C=O) groups excluding carboxylic acids is 1. The summed E-state index contributed by atoms with van der Waals surface area (Å²) in [7, 11) is 0. The standard InChI is InChI=1S/C15H16N6O2S/c22-13(9-21-7-4-16-19-21)20-5-1-11(2-6-20)15-17-14(18-23-15)12-3-8-24-10-12/h3-4,7-8,10-11H,1-2,5-6,9H2. The molecule has 0 bridgehead atoms. The second-order valence-corrected chi connectivity index (χ2v) is 6.50. The summed E-state index contributed by atoms with van der Waals surface area (Å²) in [6, 6.07) is 1.98. The first-order chi connectivity index (χ1) is 11.8. The molecule has 0 atom stereocenters. The number of aromatic nitrogens is 5. The number of hydrogen-bond acceptors (Lipinski definition) is 7. The van der Waals surface area contributed by atoms with E-state index in [1.54, 1.807) is 28.4 Å². The van der Waals surface area contributed by atoms with Crippen LogP contribution in [0.15, 0.2) is 33.7 Å². The molecule has 9 heteroatoms. The van der Waals surface area contributed by atoms with Crippen LogP contribution < -0.4 is 0 Å². The van der Waals surface area contributed by atoms with Gasteiger partial charge in [0, 0.05) is 36.1 Å². The number of hydrogen-bond donors (Lipinski definition) is 0. The van der Waals surface area contributed by atoms with Gasteiger partial charge in [-0.05, 0) is 24.3 Å². The van der Waals surface area contributed by atoms with E-state index in [2.05, 4.69) is 20.5 Å². The number of nitrogens with zero attached hydrogens (tertiary/aromatic N) is 6. The van der Waals surface area contributed by atoms with E-state index in [1.165, 1.54) is 0 Å². The molecule has 24 heavy (non-hydrogen) atoms. The van der Waals surface area contributed by atoms with Gasteiger partial charge in [-0.1, -0.05) is 10.4 Å². The predicted molar refractivity (Wildman–Crippen MR) is 86.2 cm³/mol. The van der Waals surface area contributed by atoms with Gasteiger partial charge in [0.15, 0.2) is 0 Å². The van der Waals surface area contributed by atoms with Gasteiger partial charge in [0.25, 0.3) is 0 Å². The van der Waals surface area contributed by atoms with Gasteiger partial charge in [-0.15, -0.1) is 5.10 Å². The first-order valence-corrected chi connectivity index (χ1v) is 8.72. The van der Waals surface area contributed by atoms with Crippen molar-refractivity contribution in [3.63, 3.8) is 0 Å². The molecule has 3 aromatic rings. The molecule has 1 saturated heterocycles.